The quantitative estimate of drug-likeness (QED) is 0.457. The van der Waals surface area contributed by atoms with Crippen LogP contribution in [0.1, 0.15) is 50.4 Å². The van der Waals surface area contributed by atoms with E-state index >= 15 is 0 Å². The maximum Gasteiger partial charge on any atom is 0.245 e. The summed E-state index contributed by atoms with van der Waals surface area (Å²) < 4.78 is 18.0. The Balaban J connectivity index is 1.84. The zero-order valence-corrected chi connectivity index (χ0v) is 20.0. The molecular weight excluding hydrogens is 407 g/mol. The van der Waals surface area contributed by atoms with Gasteiger partial charge in [0.2, 0.25) is 11.9 Å². The lowest BCUT2D eigenvalue weighted by Crippen LogP contribution is -2.24. The van der Waals surface area contributed by atoms with Crippen molar-refractivity contribution in [2.24, 2.45) is 0 Å². The summed E-state index contributed by atoms with van der Waals surface area (Å²) >= 11 is 0. The Morgan fingerprint density at radius 3 is 2.22 bits per heavy atom. The Kier molecular flexibility index (Phi) is 5.30. The lowest BCUT2D eigenvalue weighted by Gasteiger charge is -2.26. The monoisotopic (exact) mass is 438 g/mol. The van der Waals surface area contributed by atoms with Gasteiger partial charge in [-0.3, -0.25) is 0 Å². The van der Waals surface area contributed by atoms with E-state index in [1.54, 1.807) is 6.07 Å². The molecular formula is C23H31FN8. The van der Waals surface area contributed by atoms with Crippen molar-refractivity contribution in [1.82, 2.24) is 29.2 Å². The van der Waals surface area contributed by atoms with Crippen LogP contribution in [0.4, 0.5) is 16.3 Å². The molecule has 0 radical (unpaired) electrons. The molecule has 4 rings (SSSR count). The van der Waals surface area contributed by atoms with Crippen molar-refractivity contribution >= 4 is 23.2 Å². The van der Waals surface area contributed by atoms with Crippen molar-refractivity contribution in [2.45, 2.75) is 45.4 Å². The first-order valence-electron chi connectivity index (χ1n) is 10.8. The molecule has 0 fully saturated rings. The summed E-state index contributed by atoms with van der Waals surface area (Å²) in [4.78, 5) is 13.1. The summed E-state index contributed by atoms with van der Waals surface area (Å²) in [6.45, 7) is 8.50. The van der Waals surface area contributed by atoms with E-state index in [-0.39, 0.29) is 5.82 Å². The molecule has 4 aromatic heterocycles. The minimum absolute atomic E-state index is 0.321. The normalized spacial score (nSPS) is 12.3. The van der Waals surface area contributed by atoms with Crippen LogP contribution in [0.5, 0.6) is 0 Å². The average Bonchev–Trinajstić information content (AvgIpc) is 3.31. The lowest BCUT2D eigenvalue weighted by atomic mass is 9.80. The number of anilines is 2. The topological polar surface area (TPSA) is 66.9 Å². The molecule has 0 saturated carbocycles. The standard InChI is InChI=1S/C23H31FN8/c1-14(2)17-10-9-16(32-19(17)25-22(28-32)30(7)8)12-23(3,4)18-11-15(24)13-31-20(18)26-21(27-31)29(5)6/h9-11,13-14H,12H2,1-8H3. The van der Waals surface area contributed by atoms with Gasteiger partial charge in [0.25, 0.3) is 0 Å². The fraction of sp³-hybridized carbons (Fsp3) is 0.478. The lowest BCUT2D eigenvalue weighted by molar-refractivity contribution is 0.501. The van der Waals surface area contributed by atoms with E-state index in [1.165, 1.54) is 10.7 Å². The summed E-state index contributed by atoms with van der Waals surface area (Å²) in [6.07, 6.45) is 1.99. The summed E-state index contributed by atoms with van der Waals surface area (Å²) in [6, 6.07) is 5.79. The zero-order chi connectivity index (χ0) is 23.4. The molecule has 9 heteroatoms. The van der Waals surface area contributed by atoms with E-state index in [0.717, 1.165) is 22.5 Å². The molecule has 0 unspecified atom stereocenters. The van der Waals surface area contributed by atoms with Crippen LogP contribution in [0.3, 0.4) is 0 Å². The summed E-state index contributed by atoms with van der Waals surface area (Å²) in [5, 5.41) is 9.17. The fourth-order valence-corrected chi connectivity index (χ4v) is 3.97. The molecule has 0 N–H and O–H groups in total. The van der Waals surface area contributed by atoms with E-state index in [2.05, 4.69) is 49.9 Å². The van der Waals surface area contributed by atoms with Crippen LogP contribution < -0.4 is 9.80 Å². The van der Waals surface area contributed by atoms with Crippen molar-refractivity contribution in [3.8, 4) is 0 Å². The van der Waals surface area contributed by atoms with Crippen LogP contribution in [0.15, 0.2) is 24.4 Å². The molecule has 0 spiro atoms. The number of hydrogen-bond donors (Lipinski definition) is 0. The number of rotatable bonds is 6. The van der Waals surface area contributed by atoms with Crippen molar-refractivity contribution in [2.75, 3.05) is 38.0 Å². The first-order valence-corrected chi connectivity index (χ1v) is 10.8. The third-order valence-corrected chi connectivity index (χ3v) is 5.74. The van der Waals surface area contributed by atoms with E-state index in [1.807, 2.05) is 42.5 Å². The van der Waals surface area contributed by atoms with Crippen molar-refractivity contribution in [3.63, 3.8) is 0 Å². The maximum absolute atomic E-state index is 14.5. The SMILES string of the molecule is CC(C)c1ccc(CC(C)(C)c2cc(F)cn3nc(N(C)C)nc23)n2nc(N(C)C)nc12. The molecule has 0 aliphatic rings. The third-order valence-electron chi connectivity index (χ3n) is 5.74. The fourth-order valence-electron chi connectivity index (χ4n) is 3.97. The van der Waals surface area contributed by atoms with Crippen LogP contribution in [0, 0.1) is 5.82 Å². The van der Waals surface area contributed by atoms with E-state index in [0.29, 0.717) is 29.9 Å². The highest BCUT2D eigenvalue weighted by Crippen LogP contribution is 2.33. The second kappa shape index (κ2) is 7.72. The molecule has 0 atom stereocenters. The van der Waals surface area contributed by atoms with Crippen LogP contribution in [-0.2, 0) is 11.8 Å². The van der Waals surface area contributed by atoms with E-state index in [4.69, 9.17) is 10.1 Å². The van der Waals surface area contributed by atoms with Gasteiger partial charge in [0, 0.05) is 39.4 Å². The van der Waals surface area contributed by atoms with Gasteiger partial charge < -0.3 is 9.80 Å². The highest BCUT2D eigenvalue weighted by atomic mass is 19.1. The van der Waals surface area contributed by atoms with E-state index < -0.39 is 5.41 Å². The summed E-state index contributed by atoms with van der Waals surface area (Å²) in [7, 11) is 7.61. The van der Waals surface area contributed by atoms with E-state index in [9.17, 15) is 4.39 Å². The van der Waals surface area contributed by atoms with Crippen molar-refractivity contribution in [3.05, 3.63) is 47.0 Å². The number of nitrogens with zero attached hydrogens (tertiary/aromatic N) is 8. The molecule has 32 heavy (non-hydrogen) atoms. The Morgan fingerprint density at radius 2 is 1.59 bits per heavy atom. The molecule has 0 aliphatic heterocycles. The highest BCUT2D eigenvalue weighted by Gasteiger charge is 2.29. The number of halogens is 1. The molecule has 4 aromatic rings. The zero-order valence-electron chi connectivity index (χ0n) is 20.0. The second-order valence-corrected chi connectivity index (χ2v) is 9.68. The average molecular weight is 439 g/mol. The Bertz CT molecular complexity index is 1280. The molecule has 8 nitrogen and oxygen atoms in total. The number of pyridine rings is 2. The molecule has 4 heterocycles. The number of fused-ring (bicyclic) bond motifs is 2. The minimum Gasteiger partial charge on any atom is -0.346 e. The Morgan fingerprint density at radius 1 is 0.969 bits per heavy atom. The van der Waals surface area contributed by atoms with Gasteiger partial charge in [0.05, 0.1) is 6.20 Å². The summed E-state index contributed by atoms with van der Waals surface area (Å²) in [5.41, 5.74) is 4.03. The van der Waals surface area contributed by atoms with Gasteiger partial charge in [-0.1, -0.05) is 33.8 Å². The largest absolute Gasteiger partial charge is 0.346 e. The third kappa shape index (κ3) is 3.76. The van der Waals surface area contributed by atoms with Gasteiger partial charge in [-0.25, -0.2) is 13.4 Å². The maximum atomic E-state index is 14.5. The van der Waals surface area contributed by atoms with Gasteiger partial charge in [0.1, 0.15) is 5.82 Å². The number of aromatic nitrogens is 6. The predicted octanol–water partition coefficient (Wildman–Crippen LogP) is 3.69. The first kappa shape index (κ1) is 22.0. The van der Waals surface area contributed by atoms with Gasteiger partial charge in [-0.2, -0.15) is 9.97 Å². The second-order valence-electron chi connectivity index (χ2n) is 9.68. The van der Waals surface area contributed by atoms with Crippen LogP contribution in [0.25, 0.3) is 11.3 Å². The first-order chi connectivity index (χ1) is 15.0. The number of hydrogen-bond acceptors (Lipinski definition) is 6. The van der Waals surface area contributed by atoms with Crippen LogP contribution >= 0.6 is 0 Å². The summed E-state index contributed by atoms with van der Waals surface area (Å²) in [5.74, 6) is 1.19. The Hall–Kier alpha value is -3.23. The molecule has 0 saturated heterocycles. The minimum atomic E-state index is -0.434. The molecule has 0 aliphatic carbocycles. The smallest absolute Gasteiger partial charge is 0.245 e. The van der Waals surface area contributed by atoms with Crippen molar-refractivity contribution < 1.29 is 4.39 Å². The van der Waals surface area contributed by atoms with Gasteiger partial charge in [0.15, 0.2) is 11.3 Å². The van der Waals surface area contributed by atoms with Crippen LogP contribution in [-0.4, -0.2) is 57.4 Å². The van der Waals surface area contributed by atoms with Crippen molar-refractivity contribution in [1.29, 1.82) is 0 Å². The highest BCUT2D eigenvalue weighted by molar-refractivity contribution is 5.56. The van der Waals surface area contributed by atoms with Gasteiger partial charge >= 0.3 is 0 Å². The molecule has 170 valence electrons. The molecule has 0 aromatic carbocycles. The molecule has 0 amide bonds. The van der Waals surface area contributed by atoms with Gasteiger partial charge in [-0.05, 0) is 35.4 Å². The Labute approximate surface area is 187 Å². The van der Waals surface area contributed by atoms with Gasteiger partial charge in [-0.15, -0.1) is 10.2 Å². The predicted molar refractivity (Wildman–Crippen MR) is 125 cm³/mol. The van der Waals surface area contributed by atoms with Crippen LogP contribution in [0.2, 0.25) is 0 Å². The molecule has 0 bridgehead atoms.